The van der Waals surface area contributed by atoms with Gasteiger partial charge in [-0.25, -0.2) is 9.18 Å². The Balaban J connectivity index is 1.84. The number of nitrogens with two attached hydrogens (primary N) is 1. The van der Waals surface area contributed by atoms with Crippen molar-refractivity contribution in [3.05, 3.63) is 115 Å². The van der Waals surface area contributed by atoms with E-state index in [-0.39, 0.29) is 53.5 Å². The van der Waals surface area contributed by atoms with Gasteiger partial charge in [-0.1, -0.05) is 24.3 Å². The SMILES string of the molecule is CCOC(=O)C1=C(N)N(c2cccc(F)c2)C2=C(C(=O)[C@H](C(=O)OCC)[C@@H](c3cccs3)C2)[C@@H]1c1cccc([N+](=O)[O-])c1. The van der Waals surface area contributed by atoms with Crippen LogP contribution in [0, 0.1) is 21.8 Å². The van der Waals surface area contributed by atoms with Crippen LogP contribution < -0.4 is 10.6 Å². The number of benzene rings is 2. The molecule has 2 heterocycles. The number of carbonyl (C=O) groups excluding carboxylic acids is 3. The van der Waals surface area contributed by atoms with Crippen molar-refractivity contribution in [1.82, 2.24) is 0 Å². The van der Waals surface area contributed by atoms with E-state index in [0.717, 1.165) is 4.88 Å². The minimum Gasteiger partial charge on any atom is -0.465 e. The van der Waals surface area contributed by atoms with Gasteiger partial charge in [0.05, 0.1) is 35.3 Å². The van der Waals surface area contributed by atoms with E-state index in [4.69, 9.17) is 15.2 Å². The number of ketones is 1. The molecule has 43 heavy (non-hydrogen) atoms. The molecule has 3 atom stereocenters. The number of rotatable bonds is 8. The zero-order valence-electron chi connectivity index (χ0n) is 23.3. The van der Waals surface area contributed by atoms with Crippen molar-refractivity contribution in [2.45, 2.75) is 32.1 Å². The summed E-state index contributed by atoms with van der Waals surface area (Å²) in [5, 5.41) is 13.5. The maximum atomic E-state index is 14.7. The molecule has 0 saturated heterocycles. The molecule has 2 aromatic carbocycles. The van der Waals surface area contributed by atoms with E-state index in [0.29, 0.717) is 5.70 Å². The summed E-state index contributed by atoms with van der Waals surface area (Å²) in [6.07, 6.45) is 0.101. The van der Waals surface area contributed by atoms with E-state index in [9.17, 15) is 28.9 Å². The Hall–Kier alpha value is -4.84. The fraction of sp³-hybridized carbons (Fsp3) is 0.258. The van der Waals surface area contributed by atoms with Gasteiger partial charge in [0.25, 0.3) is 5.69 Å². The Bertz CT molecular complexity index is 1670. The second-order valence-corrected chi connectivity index (χ2v) is 10.9. The number of hydrogen-bond acceptors (Lipinski definition) is 10. The lowest BCUT2D eigenvalue weighted by molar-refractivity contribution is -0.384. The molecule has 12 heteroatoms. The third kappa shape index (κ3) is 5.41. The summed E-state index contributed by atoms with van der Waals surface area (Å²) in [6.45, 7) is 3.25. The number of nitrogens with zero attached hydrogens (tertiary/aromatic N) is 2. The lowest BCUT2D eigenvalue weighted by Gasteiger charge is -2.43. The van der Waals surface area contributed by atoms with Crippen molar-refractivity contribution in [2.75, 3.05) is 18.1 Å². The zero-order chi connectivity index (χ0) is 30.8. The molecule has 222 valence electrons. The first-order chi connectivity index (χ1) is 20.7. The first-order valence-corrected chi connectivity index (χ1v) is 14.5. The van der Waals surface area contributed by atoms with E-state index < -0.39 is 46.2 Å². The topological polar surface area (TPSA) is 142 Å². The fourth-order valence-electron chi connectivity index (χ4n) is 5.77. The van der Waals surface area contributed by atoms with Crippen molar-refractivity contribution >= 4 is 40.4 Å². The first-order valence-electron chi connectivity index (χ1n) is 13.6. The molecule has 10 nitrogen and oxygen atoms in total. The highest BCUT2D eigenvalue weighted by Gasteiger charge is 2.51. The number of Topliss-reactive ketones (excluding diaryl/α,β-unsaturated/α-hetero) is 1. The van der Waals surface area contributed by atoms with E-state index in [2.05, 4.69) is 0 Å². The Morgan fingerprint density at radius 1 is 1.09 bits per heavy atom. The fourth-order valence-corrected chi connectivity index (χ4v) is 6.64. The molecule has 5 rings (SSSR count). The van der Waals surface area contributed by atoms with Gasteiger partial charge in [0, 0.05) is 34.2 Å². The minimum atomic E-state index is -1.27. The van der Waals surface area contributed by atoms with Crippen LogP contribution in [0.4, 0.5) is 15.8 Å². The molecule has 1 aliphatic heterocycles. The van der Waals surface area contributed by atoms with Crippen LogP contribution in [0.2, 0.25) is 0 Å². The van der Waals surface area contributed by atoms with Gasteiger partial charge >= 0.3 is 11.9 Å². The maximum absolute atomic E-state index is 14.7. The first kappa shape index (κ1) is 29.6. The molecule has 1 aliphatic carbocycles. The summed E-state index contributed by atoms with van der Waals surface area (Å²) < 4.78 is 25.3. The quantitative estimate of drug-likeness (QED) is 0.156. The summed E-state index contributed by atoms with van der Waals surface area (Å²) in [5.74, 6) is -6.03. The van der Waals surface area contributed by atoms with E-state index >= 15 is 0 Å². The third-order valence-corrected chi connectivity index (χ3v) is 8.47. The number of allylic oxidation sites excluding steroid dienone is 2. The Labute approximate surface area is 250 Å². The van der Waals surface area contributed by atoms with Gasteiger partial charge in [-0.3, -0.25) is 24.6 Å². The summed E-state index contributed by atoms with van der Waals surface area (Å²) >= 11 is 1.37. The molecule has 3 aromatic rings. The monoisotopic (exact) mass is 605 g/mol. The highest BCUT2D eigenvalue weighted by molar-refractivity contribution is 7.10. The van der Waals surface area contributed by atoms with Crippen molar-refractivity contribution in [1.29, 1.82) is 0 Å². The number of anilines is 1. The summed E-state index contributed by atoms with van der Waals surface area (Å²) in [5.41, 5.74) is 7.17. The predicted octanol–water partition coefficient (Wildman–Crippen LogP) is 5.32. The van der Waals surface area contributed by atoms with Gasteiger partial charge in [0.2, 0.25) is 0 Å². The summed E-state index contributed by atoms with van der Waals surface area (Å²) in [7, 11) is 0. The Kier molecular flexibility index (Phi) is 8.40. The van der Waals surface area contributed by atoms with E-state index in [1.807, 2.05) is 11.4 Å². The van der Waals surface area contributed by atoms with E-state index in [1.165, 1.54) is 52.6 Å². The molecular formula is C31H28FN3O7S. The van der Waals surface area contributed by atoms with Crippen LogP contribution in [0.15, 0.2) is 88.7 Å². The molecule has 0 unspecified atom stereocenters. The summed E-state index contributed by atoms with van der Waals surface area (Å²) in [4.78, 5) is 55.0. The highest BCUT2D eigenvalue weighted by Crippen LogP contribution is 2.52. The van der Waals surface area contributed by atoms with Crippen LogP contribution in [-0.2, 0) is 23.9 Å². The number of halogens is 1. The number of thiophene rings is 1. The number of non-ortho nitro benzene ring substituents is 1. The maximum Gasteiger partial charge on any atom is 0.338 e. The van der Waals surface area contributed by atoms with Crippen molar-refractivity contribution in [3.63, 3.8) is 0 Å². The molecule has 0 amide bonds. The molecule has 2 N–H and O–H groups in total. The largest absolute Gasteiger partial charge is 0.465 e. The van der Waals surface area contributed by atoms with Crippen LogP contribution in [0.5, 0.6) is 0 Å². The van der Waals surface area contributed by atoms with Crippen LogP contribution in [0.3, 0.4) is 0 Å². The van der Waals surface area contributed by atoms with E-state index in [1.54, 1.807) is 32.0 Å². The van der Waals surface area contributed by atoms with Crippen molar-refractivity contribution < 1.29 is 33.2 Å². The second kappa shape index (κ2) is 12.2. The number of nitro benzene ring substituents is 1. The van der Waals surface area contributed by atoms with Gasteiger partial charge in [-0.05, 0) is 55.5 Å². The molecule has 1 aromatic heterocycles. The number of hydrogen-bond donors (Lipinski definition) is 1. The van der Waals surface area contributed by atoms with Crippen molar-refractivity contribution in [3.8, 4) is 0 Å². The van der Waals surface area contributed by atoms with Crippen molar-refractivity contribution in [2.24, 2.45) is 11.7 Å². The van der Waals surface area contributed by atoms with Gasteiger partial charge < -0.3 is 15.2 Å². The molecule has 0 bridgehead atoms. The average Bonchev–Trinajstić information content (AvgIpc) is 3.51. The number of ether oxygens (including phenoxy) is 2. The van der Waals surface area contributed by atoms with Gasteiger partial charge in [0.15, 0.2) is 5.78 Å². The van der Waals surface area contributed by atoms with Crippen LogP contribution in [0.1, 0.15) is 42.5 Å². The van der Waals surface area contributed by atoms with Crippen LogP contribution >= 0.6 is 11.3 Å². The average molecular weight is 606 g/mol. The molecule has 0 radical (unpaired) electrons. The summed E-state index contributed by atoms with van der Waals surface area (Å²) in [6, 6.07) is 14.7. The Morgan fingerprint density at radius 3 is 2.49 bits per heavy atom. The molecule has 0 saturated carbocycles. The van der Waals surface area contributed by atoms with Gasteiger partial charge in [0.1, 0.15) is 17.6 Å². The van der Waals surface area contributed by atoms with Gasteiger partial charge in [-0.2, -0.15) is 0 Å². The second-order valence-electron chi connectivity index (χ2n) is 9.90. The number of esters is 2. The third-order valence-electron chi connectivity index (χ3n) is 7.46. The Morgan fingerprint density at radius 2 is 1.84 bits per heavy atom. The molecule has 0 spiro atoms. The number of nitro groups is 1. The lowest BCUT2D eigenvalue weighted by Crippen LogP contribution is -2.46. The van der Waals surface area contributed by atoms with Gasteiger partial charge in [-0.15, -0.1) is 11.3 Å². The highest BCUT2D eigenvalue weighted by atomic mass is 32.1. The predicted molar refractivity (Wildman–Crippen MR) is 156 cm³/mol. The zero-order valence-corrected chi connectivity index (χ0v) is 24.1. The standard InChI is InChI=1S/C31H28FN3O7S/c1-3-41-30(37)25-21(23-12-7-13-43-23)16-22-26(28(25)36)24(17-8-5-11-20(14-17)35(39)40)27(31(38)42-4-2)29(33)34(22)19-10-6-9-18(32)15-19/h5-15,21,24-25H,3-4,16,33H2,1-2H3/t21-,24+,25-/m1/s1. The van der Waals surface area contributed by atoms with Crippen LogP contribution in [0.25, 0.3) is 0 Å². The minimum absolute atomic E-state index is 0.0248. The molecular weight excluding hydrogens is 577 g/mol. The lowest BCUT2D eigenvalue weighted by atomic mass is 9.68. The smallest absolute Gasteiger partial charge is 0.338 e. The molecule has 0 fully saturated rings. The van der Waals surface area contributed by atoms with Crippen LogP contribution in [-0.4, -0.2) is 35.9 Å². The molecule has 2 aliphatic rings. The number of carbonyl (C=O) groups is 3. The normalized spacial score (nSPS) is 20.1.